The summed E-state index contributed by atoms with van der Waals surface area (Å²) in [6.45, 7) is -0.164. The van der Waals surface area contributed by atoms with E-state index in [-0.39, 0.29) is 37.5 Å². The number of carboxylic acids is 1. The predicted octanol–water partition coefficient (Wildman–Crippen LogP) is -2.50. The van der Waals surface area contributed by atoms with Crippen LogP contribution in [0.2, 0.25) is 0 Å². The summed E-state index contributed by atoms with van der Waals surface area (Å²) in [5, 5.41) is 24.0. The van der Waals surface area contributed by atoms with E-state index in [0.717, 1.165) is 0 Å². The van der Waals surface area contributed by atoms with Gasteiger partial charge in [0.05, 0.1) is 13.2 Å². The highest BCUT2D eigenvalue weighted by molar-refractivity contribution is 5.85. The average molecular weight is 268 g/mol. The normalized spacial score (nSPS) is 12.1. The van der Waals surface area contributed by atoms with Crippen LogP contribution in [0.3, 0.4) is 0 Å². The number of nitrogens with two attached hydrogens (primary N) is 3. The van der Waals surface area contributed by atoms with Gasteiger partial charge in [-0.3, -0.25) is 4.79 Å². The first-order valence-corrected chi connectivity index (χ1v) is 3.65. The minimum absolute atomic E-state index is 0. The van der Waals surface area contributed by atoms with Gasteiger partial charge in [0, 0.05) is 12.6 Å². The van der Waals surface area contributed by atoms with Crippen LogP contribution >= 0.6 is 24.8 Å². The highest BCUT2D eigenvalue weighted by Crippen LogP contribution is 1.71. The van der Waals surface area contributed by atoms with Gasteiger partial charge in [-0.15, -0.1) is 24.8 Å². The molecule has 9 N–H and O–H groups in total. The third-order valence-corrected chi connectivity index (χ3v) is 1.05. The average Bonchev–Trinajstić information content (AvgIpc) is 2.16. The fourth-order valence-electron chi connectivity index (χ4n) is 0.153. The quantitative estimate of drug-likeness (QED) is 0.329. The van der Waals surface area contributed by atoms with Gasteiger partial charge in [-0.05, 0) is 0 Å². The van der Waals surface area contributed by atoms with Gasteiger partial charge in [-0.2, -0.15) is 0 Å². The van der Waals surface area contributed by atoms with E-state index in [2.05, 4.69) is 0 Å². The van der Waals surface area contributed by atoms with Gasteiger partial charge in [-0.1, -0.05) is 0 Å². The number of carboxylic acid groups (broad SMARTS) is 1. The molecule has 0 radical (unpaired) electrons. The molecule has 7 nitrogen and oxygen atoms in total. The van der Waals surface area contributed by atoms with Gasteiger partial charge >= 0.3 is 5.97 Å². The number of aliphatic carboxylic acids is 1. The van der Waals surface area contributed by atoms with Crippen molar-refractivity contribution in [3.8, 4) is 0 Å². The van der Waals surface area contributed by atoms with Crippen LogP contribution in [0.15, 0.2) is 0 Å². The molecule has 0 spiro atoms. The molecule has 96 valence electrons. The largest absolute Gasteiger partial charge is 0.480 e. The minimum atomic E-state index is -1.18. The van der Waals surface area contributed by atoms with E-state index in [1.54, 1.807) is 0 Å². The number of aliphatic hydroxyl groups is 2. The smallest absolute Gasteiger partial charge is 0.322 e. The standard InChI is InChI=1S/C3H10N2O.C3H7NO3.2ClH/c4-1-3(5)2-6;4-2(1-5)3(6)7;;/h3,6H,1-2,4-5H2;2,5H,1,4H2,(H,6,7);2*1H/t3-;2-;;/m00../s1. The lowest BCUT2D eigenvalue weighted by atomic mass is 10.3. The first kappa shape index (κ1) is 24.2. The van der Waals surface area contributed by atoms with E-state index in [9.17, 15) is 4.79 Å². The van der Waals surface area contributed by atoms with E-state index in [0.29, 0.717) is 6.54 Å². The van der Waals surface area contributed by atoms with E-state index in [1.807, 2.05) is 0 Å². The molecule has 15 heavy (non-hydrogen) atoms. The molecule has 0 saturated carbocycles. The summed E-state index contributed by atoms with van der Waals surface area (Å²) in [6, 6.07) is -1.36. The Kier molecular flexibility index (Phi) is 26.3. The van der Waals surface area contributed by atoms with Crippen LogP contribution in [0.25, 0.3) is 0 Å². The molecule has 0 aliphatic carbocycles. The van der Waals surface area contributed by atoms with Crippen LogP contribution in [-0.2, 0) is 4.79 Å². The lowest BCUT2D eigenvalue weighted by Crippen LogP contribution is -2.33. The molecule has 0 aliphatic rings. The molecule has 0 aromatic rings. The summed E-state index contributed by atoms with van der Waals surface area (Å²) in [5.74, 6) is -1.18. The van der Waals surface area contributed by atoms with Crippen LogP contribution in [0.4, 0.5) is 0 Å². The summed E-state index contributed by atoms with van der Waals surface area (Å²) in [4.78, 5) is 9.65. The summed E-state index contributed by atoms with van der Waals surface area (Å²) >= 11 is 0. The third kappa shape index (κ3) is 20.0. The first-order chi connectivity index (χ1) is 5.99. The Morgan fingerprint density at radius 2 is 1.53 bits per heavy atom. The fraction of sp³-hybridized carbons (Fsp3) is 0.833. The monoisotopic (exact) mass is 267 g/mol. The number of hydrogen-bond donors (Lipinski definition) is 6. The zero-order valence-electron chi connectivity index (χ0n) is 8.07. The Labute approximate surface area is 100 Å². The van der Waals surface area contributed by atoms with E-state index in [1.165, 1.54) is 0 Å². The van der Waals surface area contributed by atoms with Gasteiger partial charge in [-0.25, -0.2) is 0 Å². The number of halogens is 2. The van der Waals surface area contributed by atoms with Crippen LogP contribution in [0.5, 0.6) is 0 Å². The van der Waals surface area contributed by atoms with Crippen LogP contribution < -0.4 is 17.2 Å². The van der Waals surface area contributed by atoms with Crippen molar-refractivity contribution in [2.24, 2.45) is 17.2 Å². The van der Waals surface area contributed by atoms with Crippen molar-refractivity contribution >= 4 is 30.8 Å². The number of hydrogen-bond acceptors (Lipinski definition) is 6. The fourth-order valence-corrected chi connectivity index (χ4v) is 0.153. The Balaban J connectivity index is -0.0000000718. The highest BCUT2D eigenvalue weighted by atomic mass is 35.5. The Bertz CT molecular complexity index is 138. The molecular weight excluding hydrogens is 249 g/mol. The van der Waals surface area contributed by atoms with Gasteiger partial charge in [0.2, 0.25) is 0 Å². The van der Waals surface area contributed by atoms with Crippen molar-refractivity contribution < 1.29 is 20.1 Å². The van der Waals surface area contributed by atoms with Gasteiger partial charge in [0.25, 0.3) is 0 Å². The summed E-state index contributed by atoms with van der Waals surface area (Å²) in [5.41, 5.74) is 14.9. The topological polar surface area (TPSA) is 156 Å². The Hall–Kier alpha value is -0.150. The zero-order valence-corrected chi connectivity index (χ0v) is 9.71. The van der Waals surface area contributed by atoms with Crippen molar-refractivity contribution in [1.82, 2.24) is 0 Å². The van der Waals surface area contributed by atoms with E-state index >= 15 is 0 Å². The molecule has 0 aromatic carbocycles. The van der Waals surface area contributed by atoms with Crippen molar-refractivity contribution in [2.75, 3.05) is 19.8 Å². The number of aliphatic hydroxyl groups excluding tert-OH is 2. The van der Waals surface area contributed by atoms with Crippen molar-refractivity contribution in [3.05, 3.63) is 0 Å². The second-order valence-electron chi connectivity index (χ2n) is 2.31. The molecule has 0 amide bonds. The van der Waals surface area contributed by atoms with E-state index < -0.39 is 18.6 Å². The summed E-state index contributed by atoms with van der Waals surface area (Å²) in [7, 11) is 0. The van der Waals surface area contributed by atoms with Crippen LogP contribution in [-0.4, -0.2) is 53.1 Å². The molecule has 0 rings (SSSR count). The lowest BCUT2D eigenvalue weighted by Gasteiger charge is -1.99. The van der Waals surface area contributed by atoms with Crippen LogP contribution in [0.1, 0.15) is 0 Å². The predicted molar refractivity (Wildman–Crippen MR) is 61.3 cm³/mol. The second-order valence-corrected chi connectivity index (χ2v) is 2.31. The third-order valence-electron chi connectivity index (χ3n) is 1.05. The highest BCUT2D eigenvalue weighted by Gasteiger charge is 2.06. The maximum Gasteiger partial charge on any atom is 0.322 e. The molecule has 2 atom stereocenters. The maximum absolute atomic E-state index is 9.65. The van der Waals surface area contributed by atoms with Crippen molar-refractivity contribution in [1.29, 1.82) is 0 Å². The summed E-state index contributed by atoms with van der Waals surface area (Å²) in [6.07, 6.45) is 0. The first-order valence-electron chi connectivity index (χ1n) is 3.65. The molecule has 0 saturated heterocycles. The molecular formula is C6H19Cl2N3O4. The molecule has 9 heteroatoms. The molecule has 0 aromatic heterocycles. The Morgan fingerprint density at radius 1 is 1.13 bits per heavy atom. The lowest BCUT2D eigenvalue weighted by molar-refractivity contribution is -0.139. The van der Waals surface area contributed by atoms with Gasteiger partial charge in [0.1, 0.15) is 6.04 Å². The number of carbonyl (C=O) groups is 1. The minimum Gasteiger partial charge on any atom is -0.480 e. The Morgan fingerprint density at radius 3 is 1.53 bits per heavy atom. The van der Waals surface area contributed by atoms with E-state index in [4.69, 9.17) is 32.5 Å². The summed E-state index contributed by atoms with van der Waals surface area (Å²) < 4.78 is 0. The molecule has 0 fully saturated rings. The van der Waals surface area contributed by atoms with Gasteiger partial charge in [0.15, 0.2) is 0 Å². The van der Waals surface area contributed by atoms with Crippen LogP contribution in [0, 0.1) is 0 Å². The second kappa shape index (κ2) is 16.3. The molecule has 0 bridgehead atoms. The molecule has 0 heterocycles. The van der Waals surface area contributed by atoms with Crippen molar-refractivity contribution in [2.45, 2.75) is 12.1 Å². The molecule has 0 unspecified atom stereocenters. The molecule has 0 aliphatic heterocycles. The SMILES string of the molecule is Cl.Cl.NC[C@H](N)CO.N[C@@H](CO)C(=O)O. The number of rotatable bonds is 4. The van der Waals surface area contributed by atoms with Gasteiger partial charge < -0.3 is 32.5 Å². The zero-order chi connectivity index (χ0) is 10.9. The van der Waals surface area contributed by atoms with Crippen molar-refractivity contribution in [3.63, 3.8) is 0 Å². The maximum atomic E-state index is 9.65.